The fraction of sp³-hybridized carbons (Fsp3) is 0.370. The van der Waals surface area contributed by atoms with Gasteiger partial charge in [0.2, 0.25) is 12.7 Å². The van der Waals surface area contributed by atoms with Gasteiger partial charge in [-0.3, -0.25) is 19.5 Å². The van der Waals surface area contributed by atoms with Crippen molar-refractivity contribution in [2.24, 2.45) is 0 Å². The van der Waals surface area contributed by atoms with Crippen molar-refractivity contribution >= 4 is 22.7 Å². The number of para-hydroxylation sites is 1. The third-order valence-electron chi connectivity index (χ3n) is 7.21. The highest BCUT2D eigenvalue weighted by Crippen LogP contribution is 2.33. The zero-order valence-corrected chi connectivity index (χ0v) is 19.6. The van der Waals surface area contributed by atoms with Gasteiger partial charge in [-0.05, 0) is 42.7 Å². The van der Waals surface area contributed by atoms with Crippen LogP contribution in [-0.4, -0.2) is 77.1 Å². The highest BCUT2D eigenvalue weighted by Gasteiger charge is 2.38. The van der Waals surface area contributed by atoms with E-state index in [9.17, 15) is 9.59 Å². The van der Waals surface area contributed by atoms with Crippen LogP contribution in [0.5, 0.6) is 11.5 Å². The molecule has 3 aliphatic heterocycles. The number of ether oxygens (including phenoxy) is 2. The van der Waals surface area contributed by atoms with E-state index < -0.39 is 6.04 Å². The molecule has 3 aliphatic rings. The van der Waals surface area contributed by atoms with E-state index in [-0.39, 0.29) is 18.6 Å². The number of pyridine rings is 1. The lowest BCUT2D eigenvalue weighted by Gasteiger charge is -2.37. The molecule has 0 N–H and O–H groups in total. The molecule has 3 aromatic rings. The number of nitrogens with zero attached hydrogens (tertiary/aromatic N) is 4. The maximum absolute atomic E-state index is 13.4. The third kappa shape index (κ3) is 4.18. The summed E-state index contributed by atoms with van der Waals surface area (Å²) < 4.78 is 10.8. The quantitative estimate of drug-likeness (QED) is 0.581. The van der Waals surface area contributed by atoms with E-state index in [1.807, 2.05) is 17.2 Å². The number of amides is 2. The number of aromatic nitrogens is 1. The van der Waals surface area contributed by atoms with Gasteiger partial charge in [-0.25, -0.2) is 0 Å². The van der Waals surface area contributed by atoms with Gasteiger partial charge in [0.05, 0.1) is 5.52 Å². The van der Waals surface area contributed by atoms with Crippen molar-refractivity contribution in [2.45, 2.75) is 25.4 Å². The van der Waals surface area contributed by atoms with Gasteiger partial charge in [0, 0.05) is 56.4 Å². The van der Waals surface area contributed by atoms with Crippen LogP contribution in [0.4, 0.5) is 0 Å². The van der Waals surface area contributed by atoms with Crippen molar-refractivity contribution in [1.29, 1.82) is 0 Å². The Morgan fingerprint density at radius 1 is 0.943 bits per heavy atom. The van der Waals surface area contributed by atoms with Crippen molar-refractivity contribution in [3.8, 4) is 11.5 Å². The molecule has 0 aliphatic carbocycles. The second-order valence-electron chi connectivity index (χ2n) is 9.32. The van der Waals surface area contributed by atoms with Crippen molar-refractivity contribution < 1.29 is 19.1 Å². The van der Waals surface area contributed by atoms with Gasteiger partial charge in [0.1, 0.15) is 6.04 Å². The molecule has 1 atom stereocenters. The van der Waals surface area contributed by atoms with Crippen molar-refractivity contribution in [3.05, 3.63) is 65.9 Å². The van der Waals surface area contributed by atoms with E-state index in [4.69, 9.17) is 9.47 Å². The predicted octanol–water partition coefficient (Wildman–Crippen LogP) is 2.91. The minimum Gasteiger partial charge on any atom is -0.454 e. The first-order valence-electron chi connectivity index (χ1n) is 12.2. The highest BCUT2D eigenvalue weighted by molar-refractivity contribution is 5.98. The molecule has 8 nitrogen and oxygen atoms in total. The maximum Gasteiger partial charge on any atom is 0.254 e. The van der Waals surface area contributed by atoms with Crippen molar-refractivity contribution in [1.82, 2.24) is 19.7 Å². The summed E-state index contributed by atoms with van der Waals surface area (Å²) in [7, 11) is 0. The van der Waals surface area contributed by atoms with Gasteiger partial charge in [-0.2, -0.15) is 0 Å². The summed E-state index contributed by atoms with van der Waals surface area (Å²) in [5.74, 6) is 1.16. The molecule has 0 radical (unpaired) electrons. The van der Waals surface area contributed by atoms with E-state index in [0.717, 1.165) is 37.0 Å². The van der Waals surface area contributed by atoms with Crippen LogP contribution < -0.4 is 9.47 Å². The number of rotatable bonds is 4. The van der Waals surface area contributed by atoms with Crippen LogP contribution >= 0.6 is 0 Å². The zero-order valence-electron chi connectivity index (χ0n) is 19.6. The molecule has 35 heavy (non-hydrogen) atoms. The largest absolute Gasteiger partial charge is 0.454 e. The monoisotopic (exact) mass is 472 g/mol. The minimum atomic E-state index is -0.401. The second kappa shape index (κ2) is 9.19. The first-order chi connectivity index (χ1) is 17.2. The van der Waals surface area contributed by atoms with Crippen LogP contribution in [0.15, 0.2) is 54.7 Å². The van der Waals surface area contributed by atoms with Crippen molar-refractivity contribution in [2.75, 3.05) is 39.5 Å². The first kappa shape index (κ1) is 21.9. The van der Waals surface area contributed by atoms with Crippen LogP contribution in [0.2, 0.25) is 0 Å². The number of likely N-dealkylation sites (tertiary alicyclic amines) is 1. The molecular weight excluding hydrogens is 444 g/mol. The number of fused-ring (bicyclic) bond motifs is 2. The van der Waals surface area contributed by atoms with E-state index in [0.29, 0.717) is 43.1 Å². The van der Waals surface area contributed by atoms with E-state index in [1.54, 1.807) is 23.1 Å². The van der Waals surface area contributed by atoms with Crippen LogP contribution in [0.25, 0.3) is 10.9 Å². The SMILES string of the molecule is O=C(C1CCCN1C(=O)c1ccc2c(c1)OCO2)N1CCN(Cc2cccc3cccnc23)CC1. The molecule has 0 bridgehead atoms. The van der Waals surface area contributed by atoms with Gasteiger partial charge >= 0.3 is 0 Å². The Hall–Kier alpha value is -3.65. The third-order valence-corrected chi connectivity index (χ3v) is 7.21. The molecule has 4 heterocycles. The topological polar surface area (TPSA) is 75.2 Å². The fourth-order valence-corrected chi connectivity index (χ4v) is 5.33. The Morgan fingerprint density at radius 3 is 2.66 bits per heavy atom. The summed E-state index contributed by atoms with van der Waals surface area (Å²) in [6.45, 7) is 4.52. The summed E-state index contributed by atoms with van der Waals surface area (Å²) >= 11 is 0. The Morgan fingerprint density at radius 2 is 1.77 bits per heavy atom. The molecule has 180 valence electrons. The Bertz CT molecular complexity index is 1270. The number of piperazine rings is 1. The summed E-state index contributed by atoms with van der Waals surface area (Å²) in [6, 6.07) is 15.1. The summed E-state index contributed by atoms with van der Waals surface area (Å²) in [6.07, 6.45) is 3.37. The van der Waals surface area contributed by atoms with E-state index >= 15 is 0 Å². The van der Waals surface area contributed by atoms with Crippen LogP contribution in [0, 0.1) is 0 Å². The number of carbonyl (C=O) groups is 2. The molecule has 2 aromatic carbocycles. The first-order valence-corrected chi connectivity index (χ1v) is 12.2. The smallest absolute Gasteiger partial charge is 0.254 e. The van der Waals surface area contributed by atoms with Gasteiger partial charge in [0.25, 0.3) is 5.91 Å². The summed E-state index contributed by atoms with van der Waals surface area (Å²) in [4.78, 5) is 37.3. The van der Waals surface area contributed by atoms with E-state index in [2.05, 4.69) is 34.1 Å². The Labute approximate surface area is 204 Å². The zero-order chi connectivity index (χ0) is 23.8. The number of carbonyl (C=O) groups excluding carboxylic acids is 2. The second-order valence-corrected chi connectivity index (χ2v) is 9.32. The van der Waals surface area contributed by atoms with Gasteiger partial charge < -0.3 is 19.3 Å². The van der Waals surface area contributed by atoms with Gasteiger partial charge in [-0.15, -0.1) is 0 Å². The lowest BCUT2D eigenvalue weighted by molar-refractivity contribution is -0.137. The standard InChI is InChI=1S/C27H28N4O4/c32-26(20-8-9-23-24(16-20)35-18-34-23)31-11-3-7-22(31)27(33)30-14-12-29(13-15-30)17-21-5-1-4-19-6-2-10-28-25(19)21/h1-2,4-6,8-10,16,22H,3,7,11-15,17-18H2. The predicted molar refractivity (Wildman–Crippen MR) is 130 cm³/mol. The minimum absolute atomic E-state index is 0.0584. The summed E-state index contributed by atoms with van der Waals surface area (Å²) in [5, 5.41) is 1.15. The van der Waals surface area contributed by atoms with Gasteiger partial charge in [0.15, 0.2) is 11.5 Å². The van der Waals surface area contributed by atoms with Gasteiger partial charge in [-0.1, -0.05) is 24.3 Å². The summed E-state index contributed by atoms with van der Waals surface area (Å²) in [5.41, 5.74) is 2.78. The maximum atomic E-state index is 13.4. The molecule has 2 fully saturated rings. The molecule has 8 heteroatoms. The lowest BCUT2D eigenvalue weighted by atomic mass is 10.1. The number of hydrogen-bond donors (Lipinski definition) is 0. The molecule has 2 amide bonds. The van der Waals surface area contributed by atoms with Crippen LogP contribution in [0.1, 0.15) is 28.8 Å². The molecular formula is C27H28N4O4. The molecule has 2 saturated heterocycles. The fourth-order valence-electron chi connectivity index (χ4n) is 5.33. The molecule has 0 spiro atoms. The molecule has 6 rings (SSSR count). The normalized spacial score (nSPS) is 19.9. The van der Waals surface area contributed by atoms with Crippen molar-refractivity contribution in [3.63, 3.8) is 0 Å². The molecule has 1 aromatic heterocycles. The number of hydrogen-bond acceptors (Lipinski definition) is 6. The number of benzene rings is 2. The van der Waals surface area contributed by atoms with Crippen LogP contribution in [0.3, 0.4) is 0 Å². The average Bonchev–Trinajstić information content (AvgIpc) is 3.58. The Balaban J connectivity index is 1.09. The molecule has 1 unspecified atom stereocenters. The van der Waals surface area contributed by atoms with Crippen LogP contribution in [-0.2, 0) is 11.3 Å². The lowest BCUT2D eigenvalue weighted by Crippen LogP contribution is -2.54. The van der Waals surface area contributed by atoms with E-state index in [1.165, 1.54) is 5.56 Å². The highest BCUT2D eigenvalue weighted by atomic mass is 16.7. The Kier molecular flexibility index (Phi) is 5.74. The molecule has 0 saturated carbocycles. The average molecular weight is 473 g/mol.